The molecule has 2 heterocycles. The molecule has 1 saturated heterocycles. The van der Waals surface area contributed by atoms with Crippen molar-refractivity contribution in [2.75, 3.05) is 26.2 Å². The molecule has 1 aromatic carbocycles. The third kappa shape index (κ3) is 3.61. The predicted octanol–water partition coefficient (Wildman–Crippen LogP) is 1.54. The SMILES string of the molecule is Cc1ccc2c(CC(=O)N3CCN(C(=O)C(=O)NC4CC4)CC3)coc2c1C. The van der Waals surface area contributed by atoms with Crippen LogP contribution in [0.3, 0.4) is 0 Å². The molecule has 0 unspecified atom stereocenters. The van der Waals surface area contributed by atoms with Crippen LogP contribution >= 0.6 is 0 Å². The monoisotopic (exact) mass is 383 g/mol. The number of rotatable bonds is 3. The van der Waals surface area contributed by atoms with E-state index in [1.165, 1.54) is 4.90 Å². The van der Waals surface area contributed by atoms with E-state index in [4.69, 9.17) is 4.42 Å². The van der Waals surface area contributed by atoms with Gasteiger partial charge in [0.15, 0.2) is 0 Å². The van der Waals surface area contributed by atoms with Crippen molar-refractivity contribution in [3.63, 3.8) is 0 Å². The van der Waals surface area contributed by atoms with Crippen LogP contribution in [0.4, 0.5) is 0 Å². The molecule has 3 amide bonds. The van der Waals surface area contributed by atoms with Gasteiger partial charge in [0.25, 0.3) is 0 Å². The molecule has 4 rings (SSSR count). The van der Waals surface area contributed by atoms with Crippen molar-refractivity contribution in [3.05, 3.63) is 35.1 Å². The zero-order valence-corrected chi connectivity index (χ0v) is 16.3. The number of fused-ring (bicyclic) bond motifs is 1. The van der Waals surface area contributed by atoms with Gasteiger partial charge in [0.2, 0.25) is 5.91 Å². The fourth-order valence-electron chi connectivity index (χ4n) is 3.58. The maximum Gasteiger partial charge on any atom is 0.312 e. The minimum Gasteiger partial charge on any atom is -0.464 e. The summed E-state index contributed by atoms with van der Waals surface area (Å²) >= 11 is 0. The fourth-order valence-corrected chi connectivity index (χ4v) is 3.58. The molecule has 148 valence electrons. The molecule has 7 heteroatoms. The number of aryl methyl sites for hydroxylation is 2. The first kappa shape index (κ1) is 18.5. The molecule has 28 heavy (non-hydrogen) atoms. The molecule has 0 radical (unpaired) electrons. The van der Waals surface area contributed by atoms with Crippen LogP contribution in [-0.2, 0) is 20.8 Å². The normalized spacial score (nSPS) is 17.1. The average Bonchev–Trinajstić information content (AvgIpc) is 3.42. The minimum absolute atomic E-state index is 0.00968. The Morgan fingerprint density at radius 3 is 2.43 bits per heavy atom. The van der Waals surface area contributed by atoms with Gasteiger partial charge < -0.3 is 19.5 Å². The maximum absolute atomic E-state index is 12.7. The van der Waals surface area contributed by atoms with Crippen LogP contribution in [0.1, 0.15) is 29.5 Å². The van der Waals surface area contributed by atoms with Crippen molar-refractivity contribution in [2.24, 2.45) is 0 Å². The van der Waals surface area contributed by atoms with E-state index in [1.807, 2.05) is 26.0 Å². The van der Waals surface area contributed by atoms with Crippen molar-refractivity contribution in [1.29, 1.82) is 0 Å². The van der Waals surface area contributed by atoms with E-state index in [-0.39, 0.29) is 18.4 Å². The average molecular weight is 383 g/mol. The quantitative estimate of drug-likeness (QED) is 0.815. The molecule has 1 N–H and O–H groups in total. The third-order valence-corrected chi connectivity index (χ3v) is 5.71. The van der Waals surface area contributed by atoms with Crippen molar-refractivity contribution in [1.82, 2.24) is 15.1 Å². The van der Waals surface area contributed by atoms with E-state index in [2.05, 4.69) is 5.32 Å². The third-order valence-electron chi connectivity index (χ3n) is 5.71. The van der Waals surface area contributed by atoms with Gasteiger partial charge in [-0.25, -0.2) is 0 Å². The highest BCUT2D eigenvalue weighted by molar-refractivity contribution is 6.35. The standard InChI is InChI=1S/C21H25N3O4/c1-13-3-6-17-15(12-28-19(17)14(13)2)11-18(25)23-7-9-24(10-8-23)21(27)20(26)22-16-4-5-16/h3,6,12,16H,4-5,7-11H2,1-2H3,(H,22,26). The predicted molar refractivity (Wildman–Crippen MR) is 104 cm³/mol. The van der Waals surface area contributed by atoms with Crippen molar-refractivity contribution >= 4 is 28.7 Å². The van der Waals surface area contributed by atoms with E-state index in [9.17, 15) is 14.4 Å². The van der Waals surface area contributed by atoms with Crippen molar-refractivity contribution in [3.8, 4) is 0 Å². The van der Waals surface area contributed by atoms with E-state index in [0.29, 0.717) is 26.2 Å². The summed E-state index contributed by atoms with van der Waals surface area (Å²) in [7, 11) is 0. The Balaban J connectivity index is 1.35. The summed E-state index contributed by atoms with van der Waals surface area (Å²) < 4.78 is 5.69. The Labute approximate surface area is 163 Å². The lowest BCUT2D eigenvalue weighted by molar-refractivity contribution is -0.148. The number of piperazine rings is 1. The van der Waals surface area contributed by atoms with Crippen molar-refractivity contribution < 1.29 is 18.8 Å². The zero-order chi connectivity index (χ0) is 19.8. The second-order valence-corrected chi connectivity index (χ2v) is 7.74. The second-order valence-electron chi connectivity index (χ2n) is 7.74. The molecule has 1 saturated carbocycles. The van der Waals surface area contributed by atoms with Crippen LogP contribution in [-0.4, -0.2) is 59.7 Å². The van der Waals surface area contributed by atoms with Crippen LogP contribution < -0.4 is 5.32 Å². The zero-order valence-electron chi connectivity index (χ0n) is 16.3. The van der Waals surface area contributed by atoms with E-state index in [0.717, 1.165) is 40.5 Å². The van der Waals surface area contributed by atoms with Gasteiger partial charge in [-0.05, 0) is 37.8 Å². The number of hydrogen-bond donors (Lipinski definition) is 1. The number of carbonyl (C=O) groups is 3. The molecule has 0 bridgehead atoms. The summed E-state index contributed by atoms with van der Waals surface area (Å²) in [5.41, 5.74) is 3.96. The highest BCUT2D eigenvalue weighted by atomic mass is 16.3. The second kappa shape index (κ2) is 7.30. The summed E-state index contributed by atoms with van der Waals surface area (Å²) in [6.07, 6.45) is 3.83. The van der Waals surface area contributed by atoms with Crippen LogP contribution in [0.2, 0.25) is 0 Å². The largest absolute Gasteiger partial charge is 0.464 e. The highest BCUT2D eigenvalue weighted by Gasteiger charge is 2.31. The van der Waals surface area contributed by atoms with E-state index < -0.39 is 11.8 Å². The van der Waals surface area contributed by atoms with Gasteiger partial charge >= 0.3 is 11.8 Å². The van der Waals surface area contributed by atoms with Gasteiger partial charge in [0.1, 0.15) is 5.58 Å². The molecule has 0 atom stereocenters. The van der Waals surface area contributed by atoms with Crippen LogP contribution in [0.5, 0.6) is 0 Å². The number of nitrogens with one attached hydrogen (secondary N) is 1. The smallest absolute Gasteiger partial charge is 0.312 e. The lowest BCUT2D eigenvalue weighted by atomic mass is 10.0. The summed E-state index contributed by atoms with van der Waals surface area (Å²) in [6, 6.07) is 4.20. The Morgan fingerprint density at radius 1 is 1.07 bits per heavy atom. The first-order chi connectivity index (χ1) is 13.4. The molecule has 1 aliphatic heterocycles. The Bertz CT molecular complexity index is 937. The van der Waals surface area contributed by atoms with Gasteiger partial charge in [0.05, 0.1) is 12.7 Å². The maximum atomic E-state index is 12.7. The van der Waals surface area contributed by atoms with Crippen LogP contribution in [0, 0.1) is 13.8 Å². The van der Waals surface area contributed by atoms with Crippen LogP contribution in [0.25, 0.3) is 11.0 Å². The highest BCUT2D eigenvalue weighted by Crippen LogP contribution is 2.27. The summed E-state index contributed by atoms with van der Waals surface area (Å²) in [4.78, 5) is 40.1. The molecule has 2 fully saturated rings. The van der Waals surface area contributed by atoms with Gasteiger partial charge in [-0.2, -0.15) is 0 Å². The molecule has 1 aliphatic carbocycles. The lowest BCUT2D eigenvalue weighted by Crippen LogP contribution is -2.54. The topological polar surface area (TPSA) is 82.9 Å². The van der Waals surface area contributed by atoms with Gasteiger partial charge in [0, 0.05) is 43.2 Å². The summed E-state index contributed by atoms with van der Waals surface area (Å²) in [5, 5.41) is 3.69. The first-order valence-electron chi connectivity index (χ1n) is 9.78. The van der Waals surface area contributed by atoms with Crippen LogP contribution in [0.15, 0.2) is 22.8 Å². The van der Waals surface area contributed by atoms with E-state index >= 15 is 0 Å². The lowest BCUT2D eigenvalue weighted by Gasteiger charge is -2.34. The first-order valence-corrected chi connectivity index (χ1v) is 9.78. The summed E-state index contributed by atoms with van der Waals surface area (Å²) in [6.45, 7) is 5.70. The van der Waals surface area contributed by atoms with Gasteiger partial charge in [-0.1, -0.05) is 12.1 Å². The number of benzene rings is 1. The number of hydrogen-bond acceptors (Lipinski definition) is 4. The molecular weight excluding hydrogens is 358 g/mol. The molecule has 7 nitrogen and oxygen atoms in total. The number of furan rings is 1. The van der Waals surface area contributed by atoms with Gasteiger partial charge in [-0.3, -0.25) is 14.4 Å². The van der Waals surface area contributed by atoms with Crippen molar-refractivity contribution in [2.45, 2.75) is 39.2 Å². The Hall–Kier alpha value is -2.83. The number of amides is 3. The van der Waals surface area contributed by atoms with Gasteiger partial charge in [-0.15, -0.1) is 0 Å². The fraction of sp³-hybridized carbons (Fsp3) is 0.476. The Morgan fingerprint density at radius 2 is 1.75 bits per heavy atom. The molecule has 1 aromatic heterocycles. The number of carbonyl (C=O) groups excluding carboxylic acids is 3. The van der Waals surface area contributed by atoms with E-state index in [1.54, 1.807) is 11.2 Å². The number of nitrogens with zero attached hydrogens (tertiary/aromatic N) is 2. The summed E-state index contributed by atoms with van der Waals surface area (Å²) in [5.74, 6) is -1.01. The molecule has 2 aromatic rings. The molecule has 0 spiro atoms. The molecule has 2 aliphatic rings. The minimum atomic E-state index is -0.530. The molecular formula is C21H25N3O4. The Kier molecular flexibility index (Phi) is 4.83.